The number of nitrogens with one attached hydrogen (secondary N) is 1. The zero-order chi connectivity index (χ0) is 16.1. The normalized spacial score (nSPS) is 12.1. The maximum absolute atomic E-state index is 12.0. The highest BCUT2D eigenvalue weighted by molar-refractivity contribution is 7.93. The number of sulfonamides is 2. The molecule has 0 saturated carbocycles. The monoisotopic (exact) mass is 336 g/mol. The van der Waals surface area contributed by atoms with Gasteiger partial charge < -0.3 is 4.74 Å². The topological polar surface area (TPSA) is 116 Å². The molecule has 1 aromatic carbocycles. The molecular formula is C12H20N2O5S2. The van der Waals surface area contributed by atoms with Gasteiger partial charge in [-0.25, -0.2) is 22.0 Å². The molecule has 0 radical (unpaired) electrons. The van der Waals surface area contributed by atoms with Crippen LogP contribution in [0.25, 0.3) is 0 Å². The average molecular weight is 336 g/mol. The second kappa shape index (κ2) is 7.10. The Kier molecular flexibility index (Phi) is 5.99. The number of rotatable bonds is 8. The maximum Gasteiger partial charge on any atom is 0.240 e. The minimum Gasteiger partial charge on any atom is -0.497 e. The summed E-state index contributed by atoms with van der Waals surface area (Å²) in [4.78, 5) is -0.289. The van der Waals surface area contributed by atoms with Gasteiger partial charge in [-0.2, -0.15) is 0 Å². The van der Waals surface area contributed by atoms with Crippen molar-refractivity contribution in [2.75, 3.05) is 17.6 Å². The second-order valence-electron chi connectivity index (χ2n) is 4.54. The van der Waals surface area contributed by atoms with E-state index in [-0.39, 0.29) is 16.3 Å². The van der Waals surface area contributed by atoms with Crippen LogP contribution in [0.3, 0.4) is 0 Å². The number of unbranched alkanes of at least 4 members (excludes halogenated alkanes) is 2. The van der Waals surface area contributed by atoms with Crippen LogP contribution >= 0.6 is 0 Å². The van der Waals surface area contributed by atoms with Gasteiger partial charge in [0.05, 0.1) is 18.6 Å². The van der Waals surface area contributed by atoms with Crippen LogP contribution in [-0.2, 0) is 20.0 Å². The molecule has 0 bridgehead atoms. The predicted molar refractivity (Wildman–Crippen MR) is 81.3 cm³/mol. The summed E-state index contributed by atoms with van der Waals surface area (Å²) >= 11 is 0. The average Bonchev–Trinajstić information content (AvgIpc) is 2.36. The van der Waals surface area contributed by atoms with Gasteiger partial charge in [0.1, 0.15) is 10.6 Å². The predicted octanol–water partition coefficient (Wildman–Crippen LogP) is 1.27. The van der Waals surface area contributed by atoms with Crippen molar-refractivity contribution in [1.82, 2.24) is 0 Å². The number of methoxy groups -OCH3 is 1. The number of hydrogen-bond acceptors (Lipinski definition) is 5. The van der Waals surface area contributed by atoms with Gasteiger partial charge in [0, 0.05) is 6.07 Å². The summed E-state index contributed by atoms with van der Waals surface area (Å²) in [6.07, 6.45) is 2.17. The van der Waals surface area contributed by atoms with Crippen LogP contribution < -0.4 is 14.6 Å². The SMILES string of the molecule is CCCCCS(=O)(=O)Nc1cc(OC)ccc1S(N)(=O)=O. The third-order valence-electron chi connectivity index (χ3n) is 2.78. The second-order valence-corrected chi connectivity index (χ2v) is 7.91. The molecular weight excluding hydrogens is 316 g/mol. The van der Waals surface area contributed by atoms with Gasteiger partial charge in [-0.05, 0) is 18.6 Å². The lowest BCUT2D eigenvalue weighted by Crippen LogP contribution is -2.20. The van der Waals surface area contributed by atoms with Crippen LogP contribution in [-0.4, -0.2) is 29.7 Å². The highest BCUT2D eigenvalue weighted by Crippen LogP contribution is 2.26. The van der Waals surface area contributed by atoms with Crippen molar-refractivity contribution in [3.05, 3.63) is 18.2 Å². The molecule has 0 heterocycles. The first-order valence-corrected chi connectivity index (χ1v) is 9.61. The van der Waals surface area contributed by atoms with Gasteiger partial charge >= 0.3 is 0 Å². The lowest BCUT2D eigenvalue weighted by Gasteiger charge is -2.12. The summed E-state index contributed by atoms with van der Waals surface area (Å²) in [5.74, 6) is 0.246. The number of benzene rings is 1. The first-order chi connectivity index (χ1) is 9.69. The molecule has 120 valence electrons. The Morgan fingerprint density at radius 3 is 2.38 bits per heavy atom. The number of hydrogen-bond donors (Lipinski definition) is 2. The van der Waals surface area contributed by atoms with Crippen molar-refractivity contribution in [2.45, 2.75) is 31.1 Å². The van der Waals surface area contributed by atoms with E-state index in [0.717, 1.165) is 12.8 Å². The van der Waals surface area contributed by atoms with E-state index in [9.17, 15) is 16.8 Å². The largest absolute Gasteiger partial charge is 0.497 e. The van der Waals surface area contributed by atoms with Crippen LogP contribution in [0.5, 0.6) is 5.75 Å². The zero-order valence-corrected chi connectivity index (χ0v) is 13.6. The smallest absolute Gasteiger partial charge is 0.240 e. The van der Waals surface area contributed by atoms with E-state index in [1.165, 1.54) is 25.3 Å². The van der Waals surface area contributed by atoms with E-state index >= 15 is 0 Å². The Labute approximate surface area is 125 Å². The molecule has 9 heteroatoms. The minimum absolute atomic E-state index is 0.0812. The summed E-state index contributed by atoms with van der Waals surface area (Å²) in [6, 6.07) is 3.89. The van der Waals surface area contributed by atoms with Gasteiger partial charge in [0.25, 0.3) is 0 Å². The van der Waals surface area contributed by atoms with E-state index in [1.807, 2.05) is 6.92 Å². The first-order valence-electron chi connectivity index (χ1n) is 6.41. The number of nitrogens with two attached hydrogens (primary N) is 1. The molecule has 0 spiro atoms. The van der Waals surface area contributed by atoms with Crippen LogP contribution in [0.2, 0.25) is 0 Å². The van der Waals surface area contributed by atoms with Crippen molar-refractivity contribution in [3.63, 3.8) is 0 Å². The molecule has 0 atom stereocenters. The summed E-state index contributed by atoms with van der Waals surface area (Å²) in [7, 11) is -6.28. The highest BCUT2D eigenvalue weighted by Gasteiger charge is 2.19. The minimum atomic E-state index is -4.04. The van der Waals surface area contributed by atoms with Crippen LogP contribution in [0.1, 0.15) is 26.2 Å². The van der Waals surface area contributed by atoms with Crippen molar-refractivity contribution in [2.24, 2.45) is 5.14 Å². The lowest BCUT2D eigenvalue weighted by molar-refractivity contribution is 0.414. The number of ether oxygens (including phenoxy) is 1. The fraction of sp³-hybridized carbons (Fsp3) is 0.500. The van der Waals surface area contributed by atoms with Crippen LogP contribution in [0.15, 0.2) is 23.1 Å². The van der Waals surface area contributed by atoms with Crippen LogP contribution in [0, 0.1) is 0 Å². The molecule has 1 aromatic rings. The molecule has 0 saturated heterocycles. The molecule has 0 aliphatic heterocycles. The summed E-state index contributed by atoms with van der Waals surface area (Å²) in [5.41, 5.74) is -0.103. The summed E-state index contributed by atoms with van der Waals surface area (Å²) in [5, 5.41) is 5.09. The quantitative estimate of drug-likeness (QED) is 0.694. The van der Waals surface area contributed by atoms with E-state index in [4.69, 9.17) is 9.88 Å². The van der Waals surface area contributed by atoms with Crippen LogP contribution in [0.4, 0.5) is 5.69 Å². The Morgan fingerprint density at radius 1 is 1.19 bits per heavy atom. The van der Waals surface area contributed by atoms with Gasteiger partial charge in [0.2, 0.25) is 20.0 Å². The Balaban J connectivity index is 3.11. The highest BCUT2D eigenvalue weighted by atomic mass is 32.2. The van der Waals surface area contributed by atoms with E-state index in [1.54, 1.807) is 0 Å². The van der Waals surface area contributed by atoms with E-state index in [0.29, 0.717) is 12.2 Å². The molecule has 0 aliphatic rings. The molecule has 0 unspecified atom stereocenters. The van der Waals surface area contributed by atoms with Crippen molar-refractivity contribution in [3.8, 4) is 5.75 Å². The number of primary sulfonamides is 1. The fourth-order valence-corrected chi connectivity index (χ4v) is 3.65. The first kappa shape index (κ1) is 17.7. The molecule has 0 amide bonds. The fourth-order valence-electron chi connectivity index (χ4n) is 1.72. The zero-order valence-electron chi connectivity index (χ0n) is 12.0. The molecule has 0 aliphatic carbocycles. The van der Waals surface area contributed by atoms with Gasteiger partial charge in [0.15, 0.2) is 0 Å². The molecule has 21 heavy (non-hydrogen) atoms. The molecule has 0 aromatic heterocycles. The molecule has 3 N–H and O–H groups in total. The molecule has 7 nitrogen and oxygen atoms in total. The van der Waals surface area contributed by atoms with Gasteiger partial charge in [-0.1, -0.05) is 19.8 Å². The Hall–Kier alpha value is -1.32. The molecule has 0 fully saturated rings. The van der Waals surface area contributed by atoms with Crippen molar-refractivity contribution in [1.29, 1.82) is 0 Å². The van der Waals surface area contributed by atoms with Gasteiger partial charge in [-0.3, -0.25) is 4.72 Å². The third kappa shape index (κ3) is 5.52. The van der Waals surface area contributed by atoms with E-state index in [2.05, 4.69) is 4.72 Å². The molecule has 1 rings (SSSR count). The van der Waals surface area contributed by atoms with E-state index < -0.39 is 20.0 Å². The van der Waals surface area contributed by atoms with Crippen molar-refractivity contribution < 1.29 is 21.6 Å². The Bertz CT molecular complexity index is 684. The number of anilines is 1. The maximum atomic E-state index is 12.0. The lowest BCUT2D eigenvalue weighted by atomic mass is 10.3. The Morgan fingerprint density at radius 2 is 1.86 bits per heavy atom. The van der Waals surface area contributed by atoms with Crippen molar-refractivity contribution >= 4 is 25.7 Å². The summed E-state index contributed by atoms with van der Waals surface area (Å²) in [6.45, 7) is 1.96. The van der Waals surface area contributed by atoms with Gasteiger partial charge in [-0.15, -0.1) is 0 Å². The summed E-state index contributed by atoms with van der Waals surface area (Å²) < 4.78 is 54.2. The standard InChI is InChI=1S/C12H20N2O5S2/c1-3-4-5-8-20(15,16)14-11-9-10(19-2)6-7-12(11)21(13,17)18/h6-7,9,14H,3-5,8H2,1-2H3,(H2,13,17,18). The third-order valence-corrected chi connectivity index (χ3v) is 5.10.